The molecule has 2 aliphatic rings. The highest BCUT2D eigenvalue weighted by atomic mass is 14.8. The van der Waals surface area contributed by atoms with Crippen molar-refractivity contribution in [2.24, 2.45) is 0 Å². The first kappa shape index (κ1) is 29.1. The fraction of sp³-hybridized carbons (Fsp3) is 0.0638. The number of anilines is 2. The van der Waals surface area contributed by atoms with Crippen molar-refractivity contribution in [3.63, 3.8) is 0 Å². The predicted molar refractivity (Wildman–Crippen MR) is 208 cm³/mol. The van der Waals surface area contributed by atoms with Crippen molar-refractivity contribution < 1.29 is 0 Å². The summed E-state index contributed by atoms with van der Waals surface area (Å²) in [4.78, 5) is 0. The summed E-state index contributed by atoms with van der Waals surface area (Å²) in [6, 6.07) is 60.1. The summed E-state index contributed by atoms with van der Waals surface area (Å²) in [7, 11) is 1.85. The molecule has 0 unspecified atom stereocenters. The third-order valence-corrected chi connectivity index (χ3v) is 10.5. The van der Waals surface area contributed by atoms with Crippen LogP contribution >= 0.6 is 0 Å². The van der Waals surface area contributed by atoms with Crippen LogP contribution in [0.4, 0.5) is 11.4 Å². The molecule has 49 heavy (non-hydrogen) atoms. The van der Waals surface area contributed by atoms with Crippen LogP contribution in [-0.4, -0.2) is 7.05 Å². The van der Waals surface area contributed by atoms with Crippen LogP contribution in [0.2, 0.25) is 0 Å². The van der Waals surface area contributed by atoms with Crippen molar-refractivity contribution in [1.29, 1.82) is 0 Å². The van der Waals surface area contributed by atoms with Gasteiger partial charge in [0.15, 0.2) is 0 Å². The molecule has 3 N–H and O–H groups in total. The van der Waals surface area contributed by atoms with Gasteiger partial charge in [0.05, 0.1) is 16.8 Å². The summed E-state index contributed by atoms with van der Waals surface area (Å²) in [6.45, 7) is 2.14. The number of hydrogen-bond donors (Lipinski definition) is 2. The lowest BCUT2D eigenvalue weighted by Gasteiger charge is -2.31. The molecule has 0 aromatic heterocycles. The Morgan fingerprint density at radius 2 is 1.10 bits per heavy atom. The molecule has 0 fully saturated rings. The lowest BCUT2D eigenvalue weighted by Crippen LogP contribution is -2.26. The zero-order valence-electron chi connectivity index (χ0n) is 27.7. The van der Waals surface area contributed by atoms with Gasteiger partial charge in [-0.3, -0.25) is 0 Å². The molecule has 1 spiro atoms. The van der Waals surface area contributed by atoms with Crippen LogP contribution in [0.15, 0.2) is 164 Å². The Hall–Kier alpha value is -6.12. The highest BCUT2D eigenvalue weighted by Gasteiger charge is 2.52. The number of benzene rings is 8. The second-order valence-corrected chi connectivity index (χ2v) is 13.2. The number of hydrogen-bond acceptors (Lipinski definition) is 2. The highest BCUT2D eigenvalue weighted by Crippen LogP contribution is 2.64. The van der Waals surface area contributed by atoms with Crippen LogP contribution in [0, 0.1) is 6.92 Å². The minimum atomic E-state index is -0.354. The average Bonchev–Trinajstić information content (AvgIpc) is 3.61. The van der Waals surface area contributed by atoms with Crippen LogP contribution < -0.4 is 11.1 Å². The van der Waals surface area contributed by atoms with Gasteiger partial charge in [0.25, 0.3) is 0 Å². The first-order chi connectivity index (χ1) is 24.1. The van der Waals surface area contributed by atoms with Crippen LogP contribution in [-0.2, 0) is 5.41 Å². The van der Waals surface area contributed by atoms with E-state index in [0.29, 0.717) is 0 Å². The van der Waals surface area contributed by atoms with E-state index in [1.54, 1.807) is 0 Å². The predicted octanol–water partition coefficient (Wildman–Crippen LogP) is 11.6. The summed E-state index contributed by atoms with van der Waals surface area (Å²) in [5.74, 6) is 0. The van der Waals surface area contributed by atoms with Crippen molar-refractivity contribution in [2.45, 2.75) is 12.3 Å². The largest absolute Gasteiger partial charge is 0.397 e. The maximum absolute atomic E-state index is 5.57. The quantitative estimate of drug-likeness (QED) is 0.187. The normalized spacial score (nSPS) is 12.9. The van der Waals surface area contributed by atoms with E-state index in [9.17, 15) is 0 Å². The zero-order valence-corrected chi connectivity index (χ0v) is 27.7. The van der Waals surface area contributed by atoms with Crippen molar-refractivity contribution in [3.8, 4) is 33.4 Å². The summed E-state index contributed by atoms with van der Waals surface area (Å²) in [5.41, 5.74) is 21.8. The molecule has 10 rings (SSSR count). The van der Waals surface area contributed by atoms with Gasteiger partial charge in [-0.1, -0.05) is 139 Å². The molecule has 0 atom stereocenters. The van der Waals surface area contributed by atoms with E-state index in [1.807, 2.05) is 31.3 Å². The number of nitrogens with one attached hydrogen (secondary N) is 1. The van der Waals surface area contributed by atoms with Gasteiger partial charge in [0.1, 0.15) is 0 Å². The smallest absolute Gasteiger partial charge is 0.0731 e. The monoisotopic (exact) mass is 628 g/mol. The maximum atomic E-state index is 5.57. The molecule has 0 aliphatic heterocycles. The third kappa shape index (κ3) is 4.34. The lowest BCUT2D eigenvalue weighted by molar-refractivity contribution is 0.802. The van der Waals surface area contributed by atoms with E-state index >= 15 is 0 Å². The number of para-hydroxylation sites is 2. The Balaban J connectivity index is 0.000000317. The average molecular weight is 629 g/mol. The van der Waals surface area contributed by atoms with E-state index in [2.05, 4.69) is 152 Å². The SMILES string of the molecule is CNc1ccccc1N.Cc1ccc(-c2ccc3cc4c(cc3c2)C2(c3ccccc3-c3ccccc32)c2c-4ccc3ccccc23)cc1. The fourth-order valence-electron chi connectivity index (χ4n) is 8.31. The molecule has 2 nitrogen and oxygen atoms in total. The molecule has 2 heteroatoms. The summed E-state index contributed by atoms with van der Waals surface area (Å²) in [6.07, 6.45) is 0. The molecule has 0 saturated heterocycles. The number of nitrogen functional groups attached to an aromatic ring is 1. The maximum Gasteiger partial charge on any atom is 0.0731 e. The molecular formula is C47H36N2. The van der Waals surface area contributed by atoms with Crippen LogP contribution in [0.1, 0.15) is 27.8 Å². The van der Waals surface area contributed by atoms with Gasteiger partial charge < -0.3 is 11.1 Å². The van der Waals surface area contributed by atoms with Crippen LogP contribution in [0.5, 0.6) is 0 Å². The number of fused-ring (bicyclic) bond motifs is 13. The van der Waals surface area contributed by atoms with Gasteiger partial charge in [-0.2, -0.15) is 0 Å². The molecule has 8 aromatic rings. The lowest BCUT2D eigenvalue weighted by atomic mass is 9.69. The van der Waals surface area contributed by atoms with Crippen molar-refractivity contribution in [2.75, 3.05) is 18.1 Å². The van der Waals surface area contributed by atoms with E-state index in [0.717, 1.165) is 11.4 Å². The number of nitrogens with two attached hydrogens (primary N) is 1. The van der Waals surface area contributed by atoms with Gasteiger partial charge >= 0.3 is 0 Å². The zero-order chi connectivity index (χ0) is 33.1. The Kier molecular flexibility index (Phi) is 6.67. The van der Waals surface area contributed by atoms with Gasteiger partial charge in [-0.15, -0.1) is 0 Å². The van der Waals surface area contributed by atoms with E-state index in [4.69, 9.17) is 5.73 Å². The molecule has 0 radical (unpaired) electrons. The molecule has 8 aromatic carbocycles. The fourth-order valence-corrected chi connectivity index (χ4v) is 8.31. The molecule has 0 bridgehead atoms. The minimum absolute atomic E-state index is 0.354. The topological polar surface area (TPSA) is 38.0 Å². The first-order valence-electron chi connectivity index (χ1n) is 17.0. The highest BCUT2D eigenvalue weighted by molar-refractivity contribution is 6.06. The standard InChI is InChI=1S/C40H26.C7H10N2/c1-25-14-16-26(17-15-25)28-18-19-29-23-35-34-21-20-27-8-2-3-9-31(27)39(34)40(38(35)24-30(29)22-28)36-12-6-4-10-32(36)33-11-5-7-13-37(33)40;1-9-7-5-3-2-4-6(7)8/h2-24H,1H3;2-5,9H,8H2,1H3. The summed E-state index contributed by atoms with van der Waals surface area (Å²) >= 11 is 0. The van der Waals surface area contributed by atoms with E-state index in [1.165, 1.54) is 82.7 Å². The molecule has 0 heterocycles. The first-order valence-corrected chi connectivity index (χ1v) is 17.0. The Bertz CT molecular complexity index is 2510. The number of aryl methyl sites for hydroxylation is 1. The summed E-state index contributed by atoms with van der Waals surface area (Å²) in [5, 5.41) is 8.17. The molecule has 2 aliphatic carbocycles. The van der Waals surface area contributed by atoms with Gasteiger partial charge in [-0.05, 0) is 114 Å². The number of rotatable bonds is 2. The minimum Gasteiger partial charge on any atom is -0.397 e. The molecule has 0 saturated carbocycles. The van der Waals surface area contributed by atoms with E-state index < -0.39 is 0 Å². The van der Waals surface area contributed by atoms with Crippen molar-refractivity contribution in [1.82, 2.24) is 0 Å². The van der Waals surface area contributed by atoms with Gasteiger partial charge in [0.2, 0.25) is 0 Å². The third-order valence-electron chi connectivity index (χ3n) is 10.5. The summed E-state index contributed by atoms with van der Waals surface area (Å²) < 4.78 is 0. The Labute approximate surface area is 287 Å². The van der Waals surface area contributed by atoms with Crippen molar-refractivity contribution in [3.05, 3.63) is 192 Å². The van der Waals surface area contributed by atoms with Crippen molar-refractivity contribution >= 4 is 32.9 Å². The van der Waals surface area contributed by atoms with Gasteiger partial charge in [-0.25, -0.2) is 0 Å². The van der Waals surface area contributed by atoms with Crippen LogP contribution in [0.3, 0.4) is 0 Å². The Morgan fingerprint density at radius 3 is 1.82 bits per heavy atom. The second kappa shape index (κ2) is 11.2. The van der Waals surface area contributed by atoms with Gasteiger partial charge in [0, 0.05) is 7.05 Å². The molecule has 0 amide bonds. The molecular weight excluding hydrogens is 593 g/mol. The Morgan fingerprint density at radius 1 is 0.469 bits per heavy atom. The second-order valence-electron chi connectivity index (χ2n) is 13.2. The van der Waals surface area contributed by atoms with E-state index in [-0.39, 0.29) is 5.41 Å². The van der Waals surface area contributed by atoms with Crippen LogP contribution in [0.25, 0.3) is 54.9 Å². The molecule has 234 valence electrons.